The van der Waals surface area contributed by atoms with Gasteiger partial charge in [-0.2, -0.15) is 40.7 Å². The van der Waals surface area contributed by atoms with Gasteiger partial charge in [-0.1, -0.05) is 17.2 Å². The second-order valence-electron chi connectivity index (χ2n) is 14.8. The molecular formula is C41H41N9O17S4. The minimum atomic E-state index is -4.31. The molecule has 6 rings (SSSR count). The average molecular weight is 1060 g/mol. The highest BCUT2D eigenvalue weighted by molar-refractivity contribution is 7.94. The van der Waals surface area contributed by atoms with Crippen LogP contribution in [0.4, 0.5) is 34.1 Å². The van der Waals surface area contributed by atoms with Crippen LogP contribution < -0.4 is 9.47 Å². The van der Waals surface area contributed by atoms with Crippen molar-refractivity contribution in [2.45, 2.75) is 38.5 Å². The lowest BCUT2D eigenvalue weighted by molar-refractivity contribution is -0.432. The number of ether oxygens (including phenoxy) is 2. The predicted molar refractivity (Wildman–Crippen MR) is 253 cm³/mol. The maximum absolute atomic E-state index is 12.0. The van der Waals surface area contributed by atoms with E-state index in [1.165, 1.54) is 46.9 Å². The predicted octanol–water partition coefficient (Wildman–Crippen LogP) is 9.18. The third-order valence-corrected chi connectivity index (χ3v) is 11.5. The summed E-state index contributed by atoms with van der Waals surface area (Å²) in [4.78, 5) is 16.8. The molecule has 2 aromatic heterocycles. The van der Waals surface area contributed by atoms with Gasteiger partial charge in [0.25, 0.3) is 30.4 Å². The number of aromatic carboxylic acids is 1. The Hall–Kier alpha value is -7.05. The molecule has 0 aliphatic rings. The zero-order valence-electron chi connectivity index (χ0n) is 37.4. The summed E-state index contributed by atoms with van der Waals surface area (Å²) in [6, 6.07) is 19.0. The van der Waals surface area contributed by atoms with E-state index >= 15 is 0 Å². The summed E-state index contributed by atoms with van der Waals surface area (Å²) in [5, 5.41) is 69.1. The molecular weight excluding hydrogens is 1020 g/mol. The van der Waals surface area contributed by atoms with Crippen molar-refractivity contribution in [3.8, 4) is 23.4 Å². The van der Waals surface area contributed by atoms with Gasteiger partial charge in [0.1, 0.15) is 40.2 Å². The first-order valence-corrected chi connectivity index (χ1v) is 25.9. The average Bonchev–Trinajstić information content (AvgIpc) is 3.67. The number of aromatic hydroxyl groups is 1. The van der Waals surface area contributed by atoms with Crippen LogP contribution in [0.5, 0.6) is 17.4 Å². The Morgan fingerprint density at radius 3 is 1.76 bits per heavy atom. The van der Waals surface area contributed by atoms with Crippen LogP contribution in [0, 0.1) is 32.1 Å². The van der Waals surface area contributed by atoms with Gasteiger partial charge in [-0.25, -0.2) is 15.0 Å². The van der Waals surface area contributed by atoms with Gasteiger partial charge in [-0.15, -0.1) is 24.8 Å². The first kappa shape index (κ1) is 54.9. The van der Waals surface area contributed by atoms with Crippen LogP contribution in [-0.4, -0.2) is 101 Å². The number of nitrogens with zero attached hydrogens (tertiary/aromatic N) is 9. The van der Waals surface area contributed by atoms with Crippen LogP contribution in [0.1, 0.15) is 45.5 Å². The number of pyridine rings is 1. The number of fused-ring (bicyclic) bond motifs is 3. The van der Waals surface area contributed by atoms with E-state index in [9.17, 15) is 54.6 Å². The van der Waals surface area contributed by atoms with E-state index in [0.717, 1.165) is 0 Å². The Morgan fingerprint density at radius 2 is 1.25 bits per heavy atom. The summed E-state index contributed by atoms with van der Waals surface area (Å²) in [5.41, 5.74) is 2.94. The standard InChI is InChI=1S/C40H37N9O14S3.CH4O3S/c1-22-16-32(35(60-12-6-14-65(54,55)56)19-30(22)44-43-28-11-10-25(64-63-62-53)18-26(28)40(51)52)46-45-31-20-36(61-13-7-15-66(57,58)59)33(17-23(31)2)47-48-37-24(3)27(21-41)38-42-29-8-4-5-9-34(29)49(38)39(37)50;1-5(2,3)4/h4-5,8-11,16-20,50,53H,6-7,12-15H2,1-3H3,(H,51,52)(H,54,55,56)(H,57,58,59);1H3,(H,2,3,4). The molecule has 6 N–H and O–H groups in total. The van der Waals surface area contributed by atoms with Gasteiger partial charge >= 0.3 is 5.97 Å². The SMILES string of the molecule is CS(=O)(=O)O.Cc1cc(N=Nc2c(C)c(C#N)c3nc4ccccc4n3c2O)c(OCCCS(=O)(=O)O)cc1N=Nc1cc(C)c(N=Nc2ccc(SOOO)cc2C(=O)O)cc1OCCCS(=O)(=O)O. The quantitative estimate of drug-likeness (QED) is 0.0103. The van der Waals surface area contributed by atoms with Crippen molar-refractivity contribution in [1.82, 2.24) is 9.38 Å². The lowest BCUT2D eigenvalue weighted by atomic mass is 10.1. The van der Waals surface area contributed by atoms with Crippen LogP contribution in [-0.2, 0) is 39.7 Å². The van der Waals surface area contributed by atoms with Crippen molar-refractivity contribution in [3.63, 3.8) is 0 Å². The maximum Gasteiger partial charge on any atom is 0.338 e. The Labute approximate surface area is 408 Å². The largest absolute Gasteiger partial charge is 0.493 e. The first-order valence-electron chi connectivity index (χ1n) is 20.0. The molecule has 0 bridgehead atoms. The normalized spacial score (nSPS) is 12.2. The number of carbonyl (C=O) groups is 1. The van der Waals surface area contributed by atoms with Crippen molar-refractivity contribution in [2.24, 2.45) is 30.7 Å². The molecule has 0 radical (unpaired) electrons. The highest BCUT2D eigenvalue weighted by Crippen LogP contribution is 2.42. The molecule has 0 amide bonds. The van der Waals surface area contributed by atoms with Crippen molar-refractivity contribution < 1.29 is 78.0 Å². The number of carboxylic acids is 1. The van der Waals surface area contributed by atoms with Crippen molar-refractivity contribution in [2.75, 3.05) is 31.0 Å². The number of aryl methyl sites for hydroxylation is 2. The zero-order valence-corrected chi connectivity index (χ0v) is 40.7. The molecule has 6 aromatic rings. The van der Waals surface area contributed by atoms with E-state index in [4.69, 9.17) is 19.3 Å². The fraction of sp³-hybridized carbons (Fsp3) is 0.244. The number of hydrogen-bond acceptors (Lipinski definition) is 22. The second kappa shape index (κ2) is 23.7. The van der Waals surface area contributed by atoms with Gasteiger partial charge in [0.15, 0.2) is 11.3 Å². The fourth-order valence-electron chi connectivity index (χ4n) is 6.19. The van der Waals surface area contributed by atoms with Crippen LogP contribution in [0.25, 0.3) is 16.7 Å². The summed E-state index contributed by atoms with van der Waals surface area (Å²) >= 11 is 0.545. The van der Waals surface area contributed by atoms with Crippen molar-refractivity contribution >= 4 is 99.2 Å². The Bertz CT molecular complexity index is 3460. The smallest absolute Gasteiger partial charge is 0.338 e. The molecule has 4 aromatic carbocycles. The number of azo groups is 3. The van der Waals surface area contributed by atoms with Crippen LogP contribution in [0.15, 0.2) is 102 Å². The lowest BCUT2D eigenvalue weighted by Gasteiger charge is -2.12. The van der Waals surface area contributed by atoms with Gasteiger partial charge in [0, 0.05) is 22.6 Å². The number of hydrogen-bond donors (Lipinski definition) is 6. The van der Waals surface area contributed by atoms with Gasteiger partial charge in [-0.05, 0) is 87.2 Å². The van der Waals surface area contributed by atoms with E-state index < -0.39 is 47.8 Å². The molecule has 0 spiro atoms. The summed E-state index contributed by atoms with van der Waals surface area (Å²) in [5.74, 6) is -2.80. The molecule has 2 heterocycles. The fourth-order valence-corrected chi connectivity index (χ4v) is 7.56. The van der Waals surface area contributed by atoms with E-state index in [1.54, 1.807) is 45.0 Å². The molecule has 376 valence electrons. The van der Waals surface area contributed by atoms with Crippen LogP contribution in [0.3, 0.4) is 0 Å². The summed E-state index contributed by atoms with van der Waals surface area (Å²) in [7, 11) is -12.3. The number of para-hydroxylation sites is 2. The number of nitriles is 1. The molecule has 0 saturated carbocycles. The third-order valence-electron chi connectivity index (χ3n) is 9.36. The molecule has 26 nitrogen and oxygen atoms in total. The van der Waals surface area contributed by atoms with Crippen LogP contribution in [0.2, 0.25) is 0 Å². The summed E-state index contributed by atoms with van der Waals surface area (Å²) < 4.78 is 108. The number of benzene rings is 4. The number of rotatable bonds is 20. The zero-order chi connectivity index (χ0) is 52.3. The van der Waals surface area contributed by atoms with Gasteiger partial charge < -0.3 is 19.7 Å². The molecule has 0 aliphatic carbocycles. The second-order valence-corrected chi connectivity index (χ2v) is 20.2. The number of imidazole rings is 1. The maximum atomic E-state index is 12.0. The minimum Gasteiger partial charge on any atom is -0.493 e. The molecule has 0 atom stereocenters. The monoisotopic (exact) mass is 1060 g/mol. The van der Waals surface area contributed by atoms with E-state index in [2.05, 4.69) is 51.1 Å². The molecule has 71 heavy (non-hydrogen) atoms. The van der Waals surface area contributed by atoms with E-state index in [1.807, 2.05) is 0 Å². The lowest BCUT2D eigenvalue weighted by Crippen LogP contribution is -2.08. The molecule has 0 unspecified atom stereocenters. The van der Waals surface area contributed by atoms with E-state index in [-0.39, 0.29) is 105 Å². The third kappa shape index (κ3) is 15.7. The molecule has 0 saturated heterocycles. The highest BCUT2D eigenvalue weighted by Gasteiger charge is 2.22. The first-order chi connectivity index (χ1) is 33.4. The topological polar surface area (TPSA) is 393 Å². The van der Waals surface area contributed by atoms with Gasteiger partial charge in [0.05, 0.1) is 71.0 Å². The van der Waals surface area contributed by atoms with E-state index in [0.29, 0.717) is 40.5 Å². The Kier molecular flexibility index (Phi) is 18.3. The van der Waals surface area contributed by atoms with Crippen molar-refractivity contribution in [3.05, 3.63) is 94.5 Å². The summed E-state index contributed by atoms with van der Waals surface area (Å²) in [6.07, 6.45) is 0.480. The highest BCUT2D eigenvalue weighted by atomic mass is 32.2. The van der Waals surface area contributed by atoms with Crippen molar-refractivity contribution in [1.29, 1.82) is 5.26 Å². The van der Waals surface area contributed by atoms with Gasteiger partial charge in [-0.3, -0.25) is 18.1 Å². The number of carboxylic acid groups (broad SMARTS) is 1. The molecule has 0 fully saturated rings. The minimum absolute atomic E-state index is 0.0377. The number of aromatic nitrogens is 2. The Balaban J connectivity index is 0.00000178. The van der Waals surface area contributed by atoms with Gasteiger partial charge in [0.2, 0.25) is 5.88 Å². The Morgan fingerprint density at radius 1 is 0.746 bits per heavy atom. The molecule has 30 heteroatoms. The van der Waals surface area contributed by atoms with Crippen LogP contribution >= 0.6 is 12.0 Å². The summed E-state index contributed by atoms with van der Waals surface area (Å²) in [6.45, 7) is 4.48. The molecule has 0 aliphatic heterocycles.